The minimum absolute atomic E-state index is 0.0604. The smallest absolute Gasteiger partial charge is 0.310 e. The van der Waals surface area contributed by atoms with Crippen LogP contribution >= 0.6 is 0 Å². The van der Waals surface area contributed by atoms with Crippen molar-refractivity contribution in [3.05, 3.63) is 10.4 Å². The van der Waals surface area contributed by atoms with Gasteiger partial charge in [0.05, 0.1) is 26.1 Å². The first kappa shape index (κ1) is 18.5. The number of carbonyl (C=O) groups excluding carboxylic acids is 1. The van der Waals surface area contributed by atoms with Crippen molar-refractivity contribution in [2.75, 3.05) is 35.8 Å². The van der Waals surface area contributed by atoms with E-state index in [0.717, 1.165) is 0 Å². The predicted octanol–water partition coefficient (Wildman–Crippen LogP) is -1.37. The number of nitrogens with one attached hydrogen (secondary N) is 2. The van der Waals surface area contributed by atoms with Crippen LogP contribution < -0.4 is 21.5 Å². The summed E-state index contributed by atoms with van der Waals surface area (Å²) in [6, 6.07) is 0. The minimum atomic E-state index is -1.25. The Morgan fingerprint density at radius 1 is 1.40 bits per heavy atom. The van der Waals surface area contributed by atoms with Crippen molar-refractivity contribution in [1.29, 1.82) is 0 Å². The van der Waals surface area contributed by atoms with Crippen molar-refractivity contribution >= 4 is 29.4 Å². The molecule has 0 aliphatic carbocycles. The number of aromatic nitrogens is 2. The van der Waals surface area contributed by atoms with Crippen LogP contribution in [0.2, 0.25) is 0 Å². The van der Waals surface area contributed by atoms with Crippen LogP contribution in [-0.2, 0) is 19.1 Å². The number of fused-ring (bicyclic) bond motifs is 1. The van der Waals surface area contributed by atoms with Crippen molar-refractivity contribution in [2.45, 2.75) is 25.7 Å². The normalized spacial score (nSPS) is 13.9. The zero-order valence-corrected chi connectivity index (χ0v) is 13.2. The lowest BCUT2D eigenvalue weighted by Gasteiger charge is -2.27. The van der Waals surface area contributed by atoms with Gasteiger partial charge in [-0.25, -0.2) is 0 Å². The molecule has 0 fully saturated rings. The lowest BCUT2D eigenvalue weighted by atomic mass is 10.3. The summed E-state index contributed by atoms with van der Waals surface area (Å²) in [6.07, 6.45) is -1.69. The number of esters is 1. The number of H-pyrrole nitrogens is 1. The summed E-state index contributed by atoms with van der Waals surface area (Å²) in [4.78, 5) is 41.9. The van der Waals surface area contributed by atoms with E-state index >= 15 is 0 Å². The molecule has 12 heteroatoms. The molecule has 1 unspecified atom stereocenters. The number of rotatable bonds is 9. The highest BCUT2D eigenvalue weighted by Crippen LogP contribution is 2.28. The van der Waals surface area contributed by atoms with Gasteiger partial charge in [-0.05, 0) is 6.42 Å². The second kappa shape index (κ2) is 8.30. The third-order valence-corrected chi connectivity index (χ3v) is 3.21. The number of aliphatic hydroxyl groups is 1. The highest BCUT2D eigenvalue weighted by Gasteiger charge is 2.32. The van der Waals surface area contributed by atoms with E-state index in [-0.39, 0.29) is 50.2 Å². The van der Waals surface area contributed by atoms with Gasteiger partial charge >= 0.3 is 11.9 Å². The summed E-state index contributed by atoms with van der Waals surface area (Å²) >= 11 is 0. The quantitative estimate of drug-likeness (QED) is 0.200. The van der Waals surface area contributed by atoms with E-state index < -0.39 is 23.9 Å². The Balaban J connectivity index is 2.15. The van der Waals surface area contributed by atoms with Gasteiger partial charge in [0.2, 0.25) is 5.95 Å². The van der Waals surface area contributed by atoms with Gasteiger partial charge in [0.25, 0.3) is 12.0 Å². The fraction of sp³-hybridized carbons (Fsp3) is 0.538. The molecule has 1 aromatic rings. The van der Waals surface area contributed by atoms with Crippen molar-refractivity contribution < 1.29 is 29.3 Å². The van der Waals surface area contributed by atoms with Gasteiger partial charge in [-0.2, -0.15) is 4.98 Å². The SMILES string of the molecule is Nc1nc2c(c(=O)[nH]1)NCN2C(OCCCO)OC(=O)CCC(=O)O. The van der Waals surface area contributed by atoms with Crippen molar-refractivity contribution in [1.82, 2.24) is 9.97 Å². The summed E-state index contributed by atoms with van der Waals surface area (Å²) in [6.45, 7) is 0.00212. The zero-order chi connectivity index (χ0) is 18.4. The molecule has 1 aliphatic rings. The summed E-state index contributed by atoms with van der Waals surface area (Å²) < 4.78 is 10.6. The molecule has 6 N–H and O–H groups in total. The van der Waals surface area contributed by atoms with E-state index in [1.54, 1.807) is 0 Å². The third kappa shape index (κ3) is 4.81. The van der Waals surface area contributed by atoms with Gasteiger partial charge in [0.15, 0.2) is 5.82 Å². The summed E-state index contributed by atoms with van der Waals surface area (Å²) in [7, 11) is 0. The number of carboxylic acids is 1. The fourth-order valence-corrected chi connectivity index (χ4v) is 2.08. The number of hydrogen-bond acceptors (Lipinski definition) is 10. The molecule has 0 radical (unpaired) electrons. The van der Waals surface area contributed by atoms with Crippen molar-refractivity contribution in [3.63, 3.8) is 0 Å². The Hall–Kier alpha value is -2.86. The number of hydrogen-bond donors (Lipinski definition) is 5. The summed E-state index contributed by atoms with van der Waals surface area (Å²) in [5.41, 5.74) is 5.19. The largest absolute Gasteiger partial charge is 0.481 e. The molecular formula is C13H19N5O7. The maximum atomic E-state index is 11.8. The number of ether oxygens (including phenoxy) is 2. The van der Waals surface area contributed by atoms with Crippen molar-refractivity contribution in [3.8, 4) is 0 Å². The Labute approximate surface area is 141 Å². The first-order valence-corrected chi connectivity index (χ1v) is 7.46. The lowest BCUT2D eigenvalue weighted by molar-refractivity contribution is -0.179. The molecule has 2 heterocycles. The number of anilines is 3. The average molecular weight is 357 g/mol. The maximum absolute atomic E-state index is 11.8. The van der Waals surface area contributed by atoms with Crippen LogP contribution in [0.3, 0.4) is 0 Å². The van der Waals surface area contributed by atoms with Crippen LogP contribution in [0.4, 0.5) is 17.5 Å². The van der Waals surface area contributed by atoms with Gasteiger partial charge in [-0.1, -0.05) is 0 Å². The number of nitrogen functional groups attached to an aromatic ring is 1. The second-order valence-electron chi connectivity index (χ2n) is 5.09. The predicted molar refractivity (Wildman–Crippen MR) is 84.6 cm³/mol. The van der Waals surface area contributed by atoms with Gasteiger partial charge in [0.1, 0.15) is 5.69 Å². The number of aliphatic hydroxyl groups excluding tert-OH is 1. The zero-order valence-electron chi connectivity index (χ0n) is 13.2. The van der Waals surface area contributed by atoms with Crippen LogP contribution in [0.1, 0.15) is 19.3 Å². The number of aliphatic carboxylic acids is 1. The van der Waals surface area contributed by atoms with Crippen molar-refractivity contribution in [2.24, 2.45) is 0 Å². The molecule has 12 nitrogen and oxygen atoms in total. The molecule has 2 rings (SSSR count). The summed E-state index contributed by atoms with van der Waals surface area (Å²) in [5.74, 6) is -1.91. The first-order valence-electron chi connectivity index (χ1n) is 7.46. The monoisotopic (exact) mass is 357 g/mol. The number of nitrogens with two attached hydrogens (primary N) is 1. The van der Waals surface area contributed by atoms with Gasteiger partial charge in [-0.3, -0.25) is 24.3 Å². The van der Waals surface area contributed by atoms with Crippen LogP contribution in [0.5, 0.6) is 0 Å². The van der Waals surface area contributed by atoms with Gasteiger partial charge in [0, 0.05) is 6.61 Å². The lowest BCUT2D eigenvalue weighted by Crippen LogP contribution is -2.41. The minimum Gasteiger partial charge on any atom is -0.481 e. The van der Waals surface area contributed by atoms with E-state index in [1.165, 1.54) is 4.90 Å². The maximum Gasteiger partial charge on any atom is 0.310 e. The molecule has 0 saturated carbocycles. The molecule has 0 amide bonds. The highest BCUT2D eigenvalue weighted by molar-refractivity contribution is 5.77. The second-order valence-corrected chi connectivity index (χ2v) is 5.09. The van der Waals surface area contributed by atoms with E-state index in [1.807, 2.05) is 0 Å². The molecule has 25 heavy (non-hydrogen) atoms. The summed E-state index contributed by atoms with van der Waals surface area (Å²) in [5, 5.41) is 20.3. The molecule has 1 aliphatic heterocycles. The number of aromatic amines is 1. The average Bonchev–Trinajstić information content (AvgIpc) is 2.96. The molecule has 0 aromatic carbocycles. The Morgan fingerprint density at radius 3 is 2.84 bits per heavy atom. The van der Waals surface area contributed by atoms with Gasteiger partial charge < -0.3 is 30.7 Å². The van der Waals surface area contributed by atoms with Crippen LogP contribution in [0, 0.1) is 0 Å². The number of carbonyl (C=O) groups is 2. The van der Waals surface area contributed by atoms with E-state index in [9.17, 15) is 14.4 Å². The topological polar surface area (TPSA) is 180 Å². The van der Waals surface area contributed by atoms with E-state index in [2.05, 4.69) is 15.3 Å². The standard InChI is InChI=1S/C13H19N5O7/c14-12-16-10-9(11(23)17-12)15-6-18(10)13(24-5-1-4-19)25-8(22)3-2-7(20)21/h13,15,19H,1-6H2,(H,20,21)(H3,14,16,17,23). The third-order valence-electron chi connectivity index (χ3n) is 3.21. The number of nitrogens with zero attached hydrogens (tertiary/aromatic N) is 2. The molecule has 0 spiro atoms. The Morgan fingerprint density at radius 2 is 2.16 bits per heavy atom. The molecule has 1 atom stereocenters. The van der Waals surface area contributed by atoms with E-state index in [4.69, 9.17) is 25.4 Å². The molecule has 138 valence electrons. The molecular weight excluding hydrogens is 338 g/mol. The highest BCUT2D eigenvalue weighted by atomic mass is 16.7. The van der Waals surface area contributed by atoms with Crippen LogP contribution in [-0.4, -0.2) is 58.4 Å². The molecule has 0 saturated heterocycles. The van der Waals surface area contributed by atoms with E-state index in [0.29, 0.717) is 6.42 Å². The van der Waals surface area contributed by atoms with Crippen LogP contribution in [0.15, 0.2) is 4.79 Å². The van der Waals surface area contributed by atoms with Gasteiger partial charge in [-0.15, -0.1) is 0 Å². The van der Waals surface area contributed by atoms with Crippen LogP contribution in [0.25, 0.3) is 0 Å². The molecule has 0 bridgehead atoms. The Bertz CT molecular complexity index is 692. The molecule has 1 aromatic heterocycles. The Kier molecular flexibility index (Phi) is 6.14. The fourth-order valence-electron chi connectivity index (χ4n) is 2.08. The first-order chi connectivity index (χ1) is 11.9. The number of carboxylic acid groups (broad SMARTS) is 1.